The van der Waals surface area contributed by atoms with Gasteiger partial charge < -0.3 is 10.4 Å². The van der Waals surface area contributed by atoms with E-state index in [1.54, 1.807) is 6.92 Å². The number of carbonyl (C=O) groups is 3. The van der Waals surface area contributed by atoms with E-state index in [1.807, 2.05) is 0 Å². The molecule has 4 rings (SSSR count). The van der Waals surface area contributed by atoms with E-state index in [0.717, 1.165) is 25.7 Å². The van der Waals surface area contributed by atoms with Crippen molar-refractivity contribution in [2.75, 3.05) is 0 Å². The zero-order valence-electron chi connectivity index (χ0n) is 17.7. The highest BCUT2D eigenvalue weighted by atomic mass is 16.3. The molecule has 0 radical (unpaired) electrons. The number of nitrogens with one attached hydrogen (secondary N) is 1. The van der Waals surface area contributed by atoms with Crippen molar-refractivity contribution in [2.24, 2.45) is 34.5 Å². The standard InChI is InChI=1S/C23H35NO4/c1-13(25)17-5-6-18-16-11-20(24-14(2)26)23(28)12-15(27)7-10-22(23,4)19(16)8-9-21(17,18)3/h16-20,28H,5-12H2,1-4H3,(H,24,26)/t16-,17+,18-,19-,20+,21+,22+,23-/m0/s1. The Kier molecular flexibility index (Phi) is 4.57. The van der Waals surface area contributed by atoms with Crippen molar-refractivity contribution in [2.45, 2.75) is 90.7 Å². The summed E-state index contributed by atoms with van der Waals surface area (Å²) in [6.45, 7) is 7.68. The highest BCUT2D eigenvalue weighted by Crippen LogP contribution is 2.68. The van der Waals surface area contributed by atoms with Gasteiger partial charge in [-0.3, -0.25) is 14.4 Å². The Labute approximate surface area is 168 Å². The van der Waals surface area contributed by atoms with Crippen LogP contribution in [0.4, 0.5) is 0 Å². The summed E-state index contributed by atoms with van der Waals surface area (Å²) in [7, 11) is 0. The molecule has 0 saturated heterocycles. The lowest BCUT2D eigenvalue weighted by atomic mass is 9.42. The summed E-state index contributed by atoms with van der Waals surface area (Å²) in [6.07, 6.45) is 6.12. The van der Waals surface area contributed by atoms with E-state index >= 15 is 0 Å². The molecule has 4 fully saturated rings. The summed E-state index contributed by atoms with van der Waals surface area (Å²) in [5, 5.41) is 14.8. The molecule has 0 bridgehead atoms. The van der Waals surface area contributed by atoms with Crippen LogP contribution in [0.25, 0.3) is 0 Å². The van der Waals surface area contributed by atoms with Gasteiger partial charge in [-0.2, -0.15) is 0 Å². The van der Waals surface area contributed by atoms with Crippen molar-refractivity contribution in [1.29, 1.82) is 0 Å². The molecule has 2 N–H and O–H groups in total. The van der Waals surface area contributed by atoms with Gasteiger partial charge in [0.05, 0.1) is 11.6 Å². The van der Waals surface area contributed by atoms with E-state index in [4.69, 9.17) is 0 Å². The molecule has 0 aromatic heterocycles. The first kappa shape index (κ1) is 20.1. The Bertz CT molecular complexity index is 719. The van der Waals surface area contributed by atoms with Gasteiger partial charge in [-0.1, -0.05) is 13.8 Å². The molecule has 8 atom stereocenters. The first-order valence-electron chi connectivity index (χ1n) is 11.0. The lowest BCUT2D eigenvalue weighted by molar-refractivity contribution is -0.217. The van der Waals surface area contributed by atoms with E-state index in [9.17, 15) is 19.5 Å². The van der Waals surface area contributed by atoms with Crippen molar-refractivity contribution in [3.05, 3.63) is 0 Å². The SMILES string of the molecule is CC(=O)N[C@@H]1C[C@H]2[C@@H]3CC[C@H](C(C)=O)[C@@]3(C)CC[C@@H]2[C@@]2(C)CCC(=O)C[C@]12O. The number of amides is 1. The molecular formula is C23H35NO4. The predicted octanol–water partition coefficient (Wildman–Crippen LogP) is 3.03. The van der Waals surface area contributed by atoms with E-state index in [0.29, 0.717) is 42.8 Å². The summed E-state index contributed by atoms with van der Waals surface area (Å²) < 4.78 is 0. The Balaban J connectivity index is 1.74. The lowest BCUT2D eigenvalue weighted by Crippen LogP contribution is -2.71. The average molecular weight is 390 g/mol. The number of hydrogen-bond donors (Lipinski definition) is 2. The molecule has 0 unspecified atom stereocenters. The fourth-order valence-corrected chi connectivity index (χ4v) is 8.20. The zero-order chi connectivity index (χ0) is 20.5. The highest BCUT2D eigenvalue weighted by Gasteiger charge is 2.67. The van der Waals surface area contributed by atoms with Crippen LogP contribution >= 0.6 is 0 Å². The third-order valence-electron chi connectivity index (χ3n) is 9.59. The molecule has 0 spiro atoms. The Morgan fingerprint density at radius 2 is 1.79 bits per heavy atom. The van der Waals surface area contributed by atoms with Crippen LogP contribution in [0, 0.1) is 34.5 Å². The summed E-state index contributed by atoms with van der Waals surface area (Å²) in [5.74, 6) is 1.59. The van der Waals surface area contributed by atoms with Crippen LogP contribution < -0.4 is 5.32 Å². The molecule has 0 aliphatic heterocycles. The molecule has 0 heterocycles. The van der Waals surface area contributed by atoms with Crippen LogP contribution in [0.3, 0.4) is 0 Å². The fourth-order valence-electron chi connectivity index (χ4n) is 8.20. The first-order valence-corrected chi connectivity index (χ1v) is 11.0. The maximum absolute atomic E-state index is 12.3. The molecule has 4 aliphatic carbocycles. The molecule has 5 nitrogen and oxygen atoms in total. The minimum absolute atomic E-state index is 0.0318. The van der Waals surface area contributed by atoms with Crippen LogP contribution in [0.15, 0.2) is 0 Å². The van der Waals surface area contributed by atoms with Crippen molar-refractivity contribution >= 4 is 17.5 Å². The number of fused-ring (bicyclic) bond motifs is 5. The van der Waals surface area contributed by atoms with Gasteiger partial charge in [0.25, 0.3) is 0 Å². The van der Waals surface area contributed by atoms with Gasteiger partial charge in [0, 0.05) is 31.1 Å². The van der Waals surface area contributed by atoms with Crippen LogP contribution in [-0.4, -0.2) is 34.2 Å². The molecular weight excluding hydrogens is 354 g/mol. The number of ketones is 2. The molecule has 0 aromatic carbocycles. The normalized spacial score (nSPS) is 50.3. The molecule has 1 amide bonds. The third-order valence-corrected chi connectivity index (χ3v) is 9.59. The van der Waals surface area contributed by atoms with E-state index < -0.39 is 5.60 Å². The van der Waals surface area contributed by atoms with Gasteiger partial charge in [0.15, 0.2) is 0 Å². The van der Waals surface area contributed by atoms with Crippen LogP contribution in [-0.2, 0) is 14.4 Å². The van der Waals surface area contributed by atoms with Crippen molar-refractivity contribution in [1.82, 2.24) is 5.32 Å². The maximum Gasteiger partial charge on any atom is 0.217 e. The van der Waals surface area contributed by atoms with Crippen molar-refractivity contribution < 1.29 is 19.5 Å². The predicted molar refractivity (Wildman–Crippen MR) is 105 cm³/mol. The second-order valence-electron chi connectivity index (χ2n) is 10.7. The van der Waals surface area contributed by atoms with Gasteiger partial charge in [-0.25, -0.2) is 0 Å². The van der Waals surface area contributed by atoms with Gasteiger partial charge >= 0.3 is 0 Å². The summed E-state index contributed by atoms with van der Waals surface area (Å²) in [6, 6.07) is -0.390. The van der Waals surface area contributed by atoms with E-state index in [2.05, 4.69) is 19.2 Å². The molecule has 4 aliphatic rings. The topological polar surface area (TPSA) is 83.5 Å². The number of carbonyl (C=O) groups excluding carboxylic acids is 3. The smallest absolute Gasteiger partial charge is 0.217 e. The highest BCUT2D eigenvalue weighted by molar-refractivity contribution is 5.82. The largest absolute Gasteiger partial charge is 0.387 e. The van der Waals surface area contributed by atoms with E-state index in [1.165, 1.54) is 6.92 Å². The maximum atomic E-state index is 12.3. The van der Waals surface area contributed by atoms with Crippen molar-refractivity contribution in [3.63, 3.8) is 0 Å². The minimum Gasteiger partial charge on any atom is -0.387 e. The molecule has 4 saturated carbocycles. The van der Waals surface area contributed by atoms with Gasteiger partial charge in [-0.05, 0) is 68.6 Å². The average Bonchev–Trinajstić information content (AvgIpc) is 2.94. The van der Waals surface area contributed by atoms with Crippen molar-refractivity contribution in [3.8, 4) is 0 Å². The van der Waals surface area contributed by atoms with Crippen LogP contribution in [0.5, 0.6) is 0 Å². The Morgan fingerprint density at radius 3 is 2.43 bits per heavy atom. The van der Waals surface area contributed by atoms with Gasteiger partial charge in [-0.15, -0.1) is 0 Å². The Hall–Kier alpha value is -1.23. The number of aliphatic hydroxyl groups is 1. The molecule has 28 heavy (non-hydrogen) atoms. The quantitative estimate of drug-likeness (QED) is 0.760. The molecule has 0 aromatic rings. The fraction of sp³-hybridized carbons (Fsp3) is 0.870. The third kappa shape index (κ3) is 2.57. The van der Waals surface area contributed by atoms with E-state index in [-0.39, 0.29) is 40.9 Å². The van der Waals surface area contributed by atoms with Crippen LogP contribution in [0.2, 0.25) is 0 Å². The Morgan fingerprint density at radius 1 is 1.07 bits per heavy atom. The zero-order valence-corrected chi connectivity index (χ0v) is 17.7. The minimum atomic E-state index is -1.17. The molecule has 5 heteroatoms. The summed E-state index contributed by atoms with van der Waals surface area (Å²) in [5.41, 5.74) is -1.50. The second kappa shape index (κ2) is 6.38. The molecule has 156 valence electrons. The summed E-state index contributed by atoms with van der Waals surface area (Å²) in [4.78, 5) is 36.6. The van der Waals surface area contributed by atoms with Gasteiger partial charge in [0.1, 0.15) is 11.6 Å². The second-order valence-corrected chi connectivity index (χ2v) is 10.7. The van der Waals surface area contributed by atoms with Gasteiger partial charge in [0.2, 0.25) is 5.91 Å². The summed E-state index contributed by atoms with van der Waals surface area (Å²) >= 11 is 0. The number of hydrogen-bond acceptors (Lipinski definition) is 4. The number of rotatable bonds is 2. The number of Topliss-reactive ketones (excluding diaryl/α,β-unsaturated/α-hetero) is 2. The first-order chi connectivity index (χ1) is 13.0. The van der Waals surface area contributed by atoms with Crippen LogP contribution in [0.1, 0.15) is 79.1 Å². The lowest BCUT2D eigenvalue weighted by Gasteiger charge is -2.65. The monoisotopic (exact) mass is 389 g/mol.